The molecule has 0 amide bonds. The zero-order valence-electron chi connectivity index (χ0n) is 12.5. The molecule has 1 aromatic heterocycles. The number of thiazole rings is 1. The molecule has 0 aromatic carbocycles. The number of aryl methyl sites for hydroxylation is 1. The fourth-order valence-electron chi connectivity index (χ4n) is 1.99. The molecule has 0 radical (unpaired) electrons. The van der Waals surface area contributed by atoms with Crippen molar-refractivity contribution in [3.05, 3.63) is 16.1 Å². The van der Waals surface area contributed by atoms with E-state index in [4.69, 9.17) is 4.74 Å². The van der Waals surface area contributed by atoms with E-state index in [-0.39, 0.29) is 5.41 Å². The third-order valence-corrected chi connectivity index (χ3v) is 4.59. The quantitative estimate of drug-likeness (QED) is 0.616. The van der Waals surface area contributed by atoms with Gasteiger partial charge in [0.25, 0.3) is 0 Å². The Bertz CT molecular complexity index is 454. The van der Waals surface area contributed by atoms with E-state index in [9.17, 15) is 0 Å². The lowest BCUT2D eigenvalue weighted by Crippen LogP contribution is -2.51. The minimum Gasteiger partial charge on any atom is -0.380 e. The first kappa shape index (κ1) is 15.3. The van der Waals surface area contributed by atoms with E-state index >= 15 is 0 Å². The van der Waals surface area contributed by atoms with Crippen LogP contribution in [-0.4, -0.2) is 44.3 Å². The van der Waals surface area contributed by atoms with Crippen LogP contribution in [0.2, 0.25) is 0 Å². The molecule has 1 aliphatic rings. The largest absolute Gasteiger partial charge is 0.380 e. The maximum absolute atomic E-state index is 5.25. The first-order chi connectivity index (χ1) is 9.65. The average molecular weight is 296 g/mol. The maximum Gasteiger partial charge on any atom is 0.191 e. The summed E-state index contributed by atoms with van der Waals surface area (Å²) in [5, 5.41) is 7.87. The number of aromatic nitrogens is 1. The van der Waals surface area contributed by atoms with Crippen LogP contribution in [0.25, 0.3) is 0 Å². The van der Waals surface area contributed by atoms with Gasteiger partial charge in [0.05, 0.1) is 18.2 Å². The van der Waals surface area contributed by atoms with E-state index < -0.39 is 0 Å². The van der Waals surface area contributed by atoms with Crippen molar-refractivity contribution in [2.75, 3.05) is 33.4 Å². The van der Waals surface area contributed by atoms with Crippen LogP contribution in [0.3, 0.4) is 0 Å². The summed E-state index contributed by atoms with van der Waals surface area (Å²) in [6.45, 7) is 7.78. The smallest absolute Gasteiger partial charge is 0.191 e. The van der Waals surface area contributed by atoms with Gasteiger partial charge in [-0.15, -0.1) is 11.3 Å². The van der Waals surface area contributed by atoms with Gasteiger partial charge in [-0.3, -0.25) is 4.99 Å². The summed E-state index contributed by atoms with van der Waals surface area (Å²) in [4.78, 5) is 10.0. The zero-order valence-corrected chi connectivity index (χ0v) is 13.3. The summed E-state index contributed by atoms with van der Waals surface area (Å²) in [5.41, 5.74) is 0.253. The Hall–Kier alpha value is -1.14. The highest BCUT2D eigenvalue weighted by Crippen LogP contribution is 2.24. The second-order valence-corrected chi connectivity index (χ2v) is 6.68. The van der Waals surface area contributed by atoms with E-state index in [1.807, 2.05) is 6.20 Å². The van der Waals surface area contributed by atoms with E-state index in [0.29, 0.717) is 0 Å². The normalized spacial score (nSPS) is 17.6. The van der Waals surface area contributed by atoms with Crippen molar-refractivity contribution in [3.63, 3.8) is 0 Å². The highest BCUT2D eigenvalue weighted by molar-refractivity contribution is 7.11. The van der Waals surface area contributed by atoms with Crippen LogP contribution in [0.1, 0.15) is 23.7 Å². The van der Waals surface area contributed by atoms with Crippen molar-refractivity contribution in [2.45, 2.75) is 26.7 Å². The first-order valence-corrected chi connectivity index (χ1v) is 7.93. The molecule has 0 spiro atoms. The molecule has 0 unspecified atom stereocenters. The molecule has 2 rings (SSSR count). The van der Waals surface area contributed by atoms with Crippen LogP contribution in [0.4, 0.5) is 0 Å². The molecular formula is C14H24N4OS. The molecule has 1 saturated heterocycles. The lowest BCUT2D eigenvalue weighted by Gasteiger charge is -2.38. The highest BCUT2D eigenvalue weighted by atomic mass is 32.1. The molecule has 20 heavy (non-hydrogen) atoms. The Balaban J connectivity index is 1.68. The molecule has 6 heteroatoms. The van der Waals surface area contributed by atoms with Gasteiger partial charge in [-0.05, 0) is 6.42 Å². The molecule has 0 atom stereocenters. The van der Waals surface area contributed by atoms with Gasteiger partial charge in [0.15, 0.2) is 5.96 Å². The zero-order chi connectivity index (χ0) is 14.4. The number of ether oxygens (including phenoxy) is 1. The SMILES string of the molecule is CCc1cnc(CCNC(=NC)NCC2(C)COC2)s1. The van der Waals surface area contributed by atoms with Crippen LogP contribution in [0.5, 0.6) is 0 Å². The Kier molecular flexibility index (Phi) is 5.37. The van der Waals surface area contributed by atoms with Gasteiger partial charge in [0.2, 0.25) is 0 Å². The molecular weight excluding hydrogens is 272 g/mol. The molecule has 1 aliphatic heterocycles. The van der Waals surface area contributed by atoms with Crippen molar-refractivity contribution in [1.29, 1.82) is 0 Å². The van der Waals surface area contributed by atoms with Crippen LogP contribution in [-0.2, 0) is 17.6 Å². The maximum atomic E-state index is 5.25. The van der Waals surface area contributed by atoms with Gasteiger partial charge in [-0.1, -0.05) is 13.8 Å². The number of hydrogen-bond acceptors (Lipinski definition) is 4. The van der Waals surface area contributed by atoms with Crippen molar-refractivity contribution in [2.24, 2.45) is 10.4 Å². The second-order valence-electron chi connectivity index (χ2n) is 5.48. The molecule has 0 aliphatic carbocycles. The topological polar surface area (TPSA) is 58.5 Å². The van der Waals surface area contributed by atoms with Crippen LogP contribution < -0.4 is 10.6 Å². The Labute approximate surface area is 124 Å². The van der Waals surface area contributed by atoms with Crippen LogP contribution in [0, 0.1) is 5.41 Å². The molecule has 1 fully saturated rings. The minimum atomic E-state index is 0.253. The van der Waals surface area contributed by atoms with E-state index in [1.54, 1.807) is 18.4 Å². The molecule has 0 bridgehead atoms. The molecule has 0 saturated carbocycles. The van der Waals surface area contributed by atoms with Gasteiger partial charge in [-0.25, -0.2) is 4.98 Å². The minimum absolute atomic E-state index is 0.253. The molecule has 112 valence electrons. The monoisotopic (exact) mass is 296 g/mol. The fourth-order valence-corrected chi connectivity index (χ4v) is 2.85. The van der Waals surface area contributed by atoms with Gasteiger partial charge in [0.1, 0.15) is 0 Å². The van der Waals surface area contributed by atoms with Crippen molar-refractivity contribution < 1.29 is 4.74 Å². The third-order valence-electron chi connectivity index (χ3n) is 3.39. The van der Waals surface area contributed by atoms with Crippen LogP contribution in [0.15, 0.2) is 11.2 Å². The van der Waals surface area contributed by atoms with Gasteiger partial charge in [-0.2, -0.15) is 0 Å². The van der Waals surface area contributed by atoms with Gasteiger partial charge < -0.3 is 15.4 Å². The van der Waals surface area contributed by atoms with Crippen LogP contribution >= 0.6 is 11.3 Å². The average Bonchev–Trinajstić information content (AvgIpc) is 2.88. The first-order valence-electron chi connectivity index (χ1n) is 7.11. The summed E-state index contributed by atoms with van der Waals surface area (Å²) < 4.78 is 5.25. The summed E-state index contributed by atoms with van der Waals surface area (Å²) in [7, 11) is 1.80. The predicted octanol–water partition coefficient (Wildman–Crippen LogP) is 1.45. The standard InChI is InChI=1S/C14H24N4OS/c1-4-11-7-17-12(20-11)5-6-16-13(15-3)18-8-14(2)9-19-10-14/h7H,4-6,8-10H2,1-3H3,(H2,15,16,18). The summed E-state index contributed by atoms with van der Waals surface area (Å²) in [6.07, 6.45) is 3.98. The number of rotatable bonds is 6. The number of nitrogens with zero attached hydrogens (tertiary/aromatic N) is 2. The summed E-state index contributed by atoms with van der Waals surface area (Å²) in [6, 6.07) is 0. The molecule has 2 heterocycles. The Morgan fingerprint density at radius 2 is 2.30 bits per heavy atom. The van der Waals surface area contributed by atoms with E-state index in [1.165, 1.54) is 9.88 Å². The molecule has 5 nitrogen and oxygen atoms in total. The molecule has 1 aromatic rings. The number of guanidine groups is 1. The van der Waals surface area contributed by atoms with Gasteiger partial charge in [0, 0.05) is 43.0 Å². The number of hydrogen-bond donors (Lipinski definition) is 2. The summed E-state index contributed by atoms with van der Waals surface area (Å²) in [5.74, 6) is 0.852. The second kappa shape index (κ2) is 7.04. The number of aliphatic imine (C=N–C) groups is 1. The molecule has 2 N–H and O–H groups in total. The third kappa shape index (κ3) is 4.18. The van der Waals surface area contributed by atoms with E-state index in [0.717, 1.165) is 45.1 Å². The van der Waals surface area contributed by atoms with E-state index in [2.05, 4.69) is 34.5 Å². The van der Waals surface area contributed by atoms with Crippen molar-refractivity contribution in [3.8, 4) is 0 Å². The highest BCUT2D eigenvalue weighted by Gasteiger charge is 2.33. The van der Waals surface area contributed by atoms with Gasteiger partial charge >= 0.3 is 0 Å². The Morgan fingerprint density at radius 1 is 1.50 bits per heavy atom. The summed E-state index contributed by atoms with van der Waals surface area (Å²) >= 11 is 1.79. The number of nitrogens with one attached hydrogen (secondary N) is 2. The predicted molar refractivity (Wildman–Crippen MR) is 83.5 cm³/mol. The van der Waals surface area contributed by atoms with Crippen molar-refractivity contribution >= 4 is 17.3 Å². The lowest BCUT2D eigenvalue weighted by molar-refractivity contribution is -0.0971. The Morgan fingerprint density at radius 3 is 2.85 bits per heavy atom. The lowest BCUT2D eigenvalue weighted by atomic mass is 9.89. The fraction of sp³-hybridized carbons (Fsp3) is 0.714. The van der Waals surface area contributed by atoms with Crippen molar-refractivity contribution in [1.82, 2.24) is 15.6 Å².